The van der Waals surface area contributed by atoms with Crippen molar-refractivity contribution in [2.45, 2.75) is 0 Å². The maximum Gasteiger partial charge on any atom is 0.270 e. The second-order valence-electron chi connectivity index (χ2n) is 6.05. The van der Waals surface area contributed by atoms with Gasteiger partial charge >= 0.3 is 0 Å². The van der Waals surface area contributed by atoms with Gasteiger partial charge in [-0.2, -0.15) is 5.10 Å². The summed E-state index contributed by atoms with van der Waals surface area (Å²) in [4.78, 5) is 24.9. The normalized spacial score (nSPS) is 16.7. The number of hydrogen-bond donors (Lipinski definition) is 1. The van der Waals surface area contributed by atoms with Crippen molar-refractivity contribution in [2.75, 3.05) is 19.0 Å². The first-order chi connectivity index (χ1) is 13.4. The van der Waals surface area contributed by atoms with Crippen molar-refractivity contribution in [2.24, 2.45) is 10.2 Å². The molecule has 8 nitrogen and oxygen atoms in total. The molecule has 1 fully saturated rings. The van der Waals surface area contributed by atoms with Crippen molar-refractivity contribution in [3.63, 3.8) is 0 Å². The molecule has 3 rings (SSSR count). The molecule has 1 N–H and O–H groups in total. The minimum atomic E-state index is -0.474. The first kappa shape index (κ1) is 19.3. The minimum Gasteiger partial charge on any atom is -0.378 e. The van der Waals surface area contributed by atoms with Gasteiger partial charge in [0.2, 0.25) is 0 Å². The lowest BCUT2D eigenvalue weighted by molar-refractivity contribution is -0.384. The summed E-state index contributed by atoms with van der Waals surface area (Å²) in [6.07, 6.45) is 3.18. The molecular weight excluding hydrogens is 378 g/mol. The number of nitrogens with one attached hydrogen (secondary N) is 1. The van der Waals surface area contributed by atoms with E-state index >= 15 is 0 Å². The molecule has 1 heterocycles. The molecule has 0 saturated carbocycles. The van der Waals surface area contributed by atoms with Crippen LogP contribution in [0, 0.1) is 10.1 Å². The lowest BCUT2D eigenvalue weighted by Gasteiger charge is -2.11. The number of carbonyl (C=O) groups is 1. The van der Waals surface area contributed by atoms with Crippen LogP contribution in [0.3, 0.4) is 0 Å². The molecule has 9 heteroatoms. The summed E-state index contributed by atoms with van der Waals surface area (Å²) in [6.45, 7) is 0. The van der Waals surface area contributed by atoms with Gasteiger partial charge in [0.05, 0.1) is 16.0 Å². The van der Waals surface area contributed by atoms with Crippen LogP contribution in [0.5, 0.6) is 0 Å². The molecule has 1 saturated heterocycles. The number of amides is 1. The minimum absolute atomic E-state index is 0.0225. The Balaban J connectivity index is 1.69. The molecule has 0 aromatic heterocycles. The monoisotopic (exact) mass is 395 g/mol. The number of thioether (sulfide) groups is 1. The fraction of sp³-hybridized carbons (Fsp3) is 0.105. The molecule has 0 bridgehead atoms. The average Bonchev–Trinajstić information content (AvgIpc) is 3.01. The fourth-order valence-electron chi connectivity index (χ4n) is 2.36. The maximum absolute atomic E-state index is 12.1. The third kappa shape index (κ3) is 4.83. The Labute approximate surface area is 165 Å². The topological polar surface area (TPSA) is 100 Å². The highest BCUT2D eigenvalue weighted by atomic mass is 32.2. The smallest absolute Gasteiger partial charge is 0.270 e. The van der Waals surface area contributed by atoms with E-state index in [4.69, 9.17) is 0 Å². The number of carbonyl (C=O) groups excluding carboxylic acids is 1. The van der Waals surface area contributed by atoms with Gasteiger partial charge in [-0.15, -0.1) is 5.10 Å². The number of amidine groups is 1. The second-order valence-corrected chi connectivity index (χ2v) is 7.08. The van der Waals surface area contributed by atoms with Crippen molar-refractivity contribution in [3.05, 3.63) is 74.7 Å². The van der Waals surface area contributed by atoms with Gasteiger partial charge < -0.3 is 4.90 Å². The highest BCUT2D eigenvalue weighted by Gasteiger charge is 2.23. The van der Waals surface area contributed by atoms with Crippen molar-refractivity contribution in [1.82, 2.24) is 5.32 Å². The number of benzene rings is 2. The molecule has 2 aromatic rings. The largest absolute Gasteiger partial charge is 0.378 e. The summed E-state index contributed by atoms with van der Waals surface area (Å²) in [7, 11) is 3.93. The van der Waals surface area contributed by atoms with Crippen molar-refractivity contribution in [1.29, 1.82) is 0 Å². The van der Waals surface area contributed by atoms with Crippen LogP contribution in [0.4, 0.5) is 11.4 Å². The lowest BCUT2D eigenvalue weighted by Crippen LogP contribution is -2.19. The molecule has 0 radical (unpaired) electrons. The number of rotatable bonds is 5. The predicted molar refractivity (Wildman–Crippen MR) is 113 cm³/mol. The van der Waals surface area contributed by atoms with Gasteiger partial charge in [0, 0.05) is 37.5 Å². The van der Waals surface area contributed by atoms with E-state index in [1.54, 1.807) is 18.2 Å². The zero-order valence-electron chi connectivity index (χ0n) is 15.2. The molecule has 0 atom stereocenters. The Morgan fingerprint density at radius 2 is 1.89 bits per heavy atom. The molecule has 1 amide bonds. The Bertz CT molecular complexity index is 997. The van der Waals surface area contributed by atoms with Gasteiger partial charge in [-0.05, 0) is 35.5 Å². The first-order valence-electron chi connectivity index (χ1n) is 8.26. The molecule has 2 aromatic carbocycles. The molecule has 1 aliphatic heterocycles. The highest BCUT2D eigenvalue weighted by molar-refractivity contribution is 8.18. The Hall–Kier alpha value is -3.46. The van der Waals surface area contributed by atoms with Gasteiger partial charge in [-0.25, -0.2) is 0 Å². The molecule has 0 unspecified atom stereocenters. The Morgan fingerprint density at radius 1 is 1.14 bits per heavy atom. The first-order valence-corrected chi connectivity index (χ1v) is 9.08. The molecule has 142 valence electrons. The SMILES string of the molecule is CN(C)c1ccc(/C=C2\S/C(=N/N=C\c3cccc([N+](=O)[O-])c3)NC2=O)cc1. The van der Waals surface area contributed by atoms with E-state index in [-0.39, 0.29) is 11.6 Å². The van der Waals surface area contributed by atoms with Crippen LogP contribution in [-0.2, 0) is 4.79 Å². The predicted octanol–water partition coefficient (Wildman–Crippen LogP) is 3.25. The van der Waals surface area contributed by atoms with Crippen molar-refractivity contribution >= 4 is 46.5 Å². The third-order valence-corrected chi connectivity index (χ3v) is 4.69. The van der Waals surface area contributed by atoms with Gasteiger partial charge in [0.25, 0.3) is 11.6 Å². The van der Waals surface area contributed by atoms with Crippen molar-refractivity contribution in [3.8, 4) is 0 Å². The number of non-ortho nitro benzene ring substituents is 1. The molecule has 0 aliphatic carbocycles. The lowest BCUT2D eigenvalue weighted by atomic mass is 10.2. The zero-order chi connectivity index (χ0) is 20.1. The van der Waals surface area contributed by atoms with Crippen LogP contribution in [0.1, 0.15) is 11.1 Å². The summed E-state index contributed by atoms with van der Waals surface area (Å²) in [5.74, 6) is -0.244. The molecule has 28 heavy (non-hydrogen) atoms. The van der Waals surface area contributed by atoms with E-state index in [0.717, 1.165) is 11.3 Å². The molecule has 0 spiro atoms. The summed E-state index contributed by atoms with van der Waals surface area (Å²) < 4.78 is 0. The fourth-order valence-corrected chi connectivity index (χ4v) is 3.14. The van der Waals surface area contributed by atoms with Crippen LogP contribution in [0.2, 0.25) is 0 Å². The van der Waals surface area contributed by atoms with E-state index in [9.17, 15) is 14.9 Å². The van der Waals surface area contributed by atoms with Gasteiger partial charge in [0.1, 0.15) is 0 Å². The summed E-state index contributed by atoms with van der Waals surface area (Å²) >= 11 is 1.19. The van der Waals surface area contributed by atoms with Crippen LogP contribution < -0.4 is 10.2 Å². The number of nitro groups is 1. The highest BCUT2D eigenvalue weighted by Crippen LogP contribution is 2.26. The van der Waals surface area contributed by atoms with Gasteiger partial charge in [0.15, 0.2) is 5.17 Å². The Morgan fingerprint density at radius 3 is 2.57 bits per heavy atom. The van der Waals surface area contributed by atoms with Crippen LogP contribution in [0.25, 0.3) is 6.08 Å². The van der Waals surface area contributed by atoms with Gasteiger partial charge in [-0.1, -0.05) is 24.3 Å². The van der Waals surface area contributed by atoms with E-state index in [0.29, 0.717) is 15.6 Å². The van der Waals surface area contributed by atoms with E-state index < -0.39 is 4.92 Å². The summed E-state index contributed by atoms with van der Waals surface area (Å²) in [5, 5.41) is 21.7. The van der Waals surface area contributed by atoms with Crippen LogP contribution in [-0.4, -0.2) is 36.3 Å². The summed E-state index contributed by atoms with van der Waals surface area (Å²) in [6, 6.07) is 13.9. The van der Waals surface area contributed by atoms with E-state index in [1.165, 1.54) is 30.1 Å². The Kier molecular flexibility index (Phi) is 5.85. The number of hydrogen-bond acceptors (Lipinski definition) is 7. The molecule has 1 aliphatic rings. The van der Waals surface area contributed by atoms with E-state index in [2.05, 4.69) is 15.5 Å². The number of nitro benzene ring substituents is 1. The molecular formula is C19H17N5O3S. The second kappa shape index (κ2) is 8.49. The maximum atomic E-state index is 12.1. The summed E-state index contributed by atoms with van der Waals surface area (Å²) in [5.41, 5.74) is 2.50. The third-order valence-electron chi connectivity index (χ3n) is 3.79. The average molecular weight is 395 g/mol. The quantitative estimate of drug-likeness (QED) is 0.362. The standard InChI is InChI=1S/C19H17N5O3S/c1-23(2)15-8-6-13(7-9-15)11-17-18(25)21-19(28-17)22-20-12-14-4-3-5-16(10-14)24(26)27/h3-12H,1-2H3,(H,21,22,25)/b17-11-,20-12-. The zero-order valence-corrected chi connectivity index (χ0v) is 16.0. The number of nitrogens with zero attached hydrogens (tertiary/aromatic N) is 4. The van der Waals surface area contributed by atoms with E-state index in [1.807, 2.05) is 43.3 Å². The van der Waals surface area contributed by atoms with Crippen molar-refractivity contribution < 1.29 is 9.72 Å². The number of anilines is 1. The van der Waals surface area contributed by atoms with Crippen LogP contribution >= 0.6 is 11.8 Å². The van der Waals surface area contributed by atoms with Gasteiger partial charge in [-0.3, -0.25) is 20.2 Å². The van der Waals surface area contributed by atoms with Crippen LogP contribution in [0.15, 0.2) is 63.6 Å².